The average Bonchev–Trinajstić information content (AvgIpc) is 2.85. The van der Waals surface area contributed by atoms with Gasteiger partial charge in [-0.25, -0.2) is 4.39 Å². The van der Waals surface area contributed by atoms with E-state index in [1.165, 1.54) is 18.2 Å². The lowest BCUT2D eigenvalue weighted by atomic mass is 9.97. The number of fused-ring (bicyclic) bond motifs is 1. The van der Waals surface area contributed by atoms with Gasteiger partial charge in [-0.05, 0) is 29.8 Å². The molecule has 1 aliphatic heterocycles. The third-order valence-electron chi connectivity index (χ3n) is 3.58. The molecule has 1 amide bonds. The fourth-order valence-electron chi connectivity index (χ4n) is 2.56. The molecule has 0 aromatic heterocycles. The Bertz CT molecular complexity index is 690. The van der Waals surface area contributed by atoms with Gasteiger partial charge < -0.3 is 10.6 Å². The number of rotatable bonds is 3. The van der Waals surface area contributed by atoms with E-state index in [1.807, 2.05) is 24.3 Å². The van der Waals surface area contributed by atoms with Gasteiger partial charge in [0.1, 0.15) is 5.82 Å². The summed E-state index contributed by atoms with van der Waals surface area (Å²) in [6.45, 7) is 0.740. The van der Waals surface area contributed by atoms with E-state index in [4.69, 9.17) is 11.6 Å². The van der Waals surface area contributed by atoms with E-state index in [0.29, 0.717) is 12.1 Å². The van der Waals surface area contributed by atoms with Crippen LogP contribution in [0.5, 0.6) is 0 Å². The van der Waals surface area contributed by atoms with Crippen molar-refractivity contribution in [2.24, 2.45) is 0 Å². The minimum Gasteiger partial charge on any atom is -0.384 e. The zero-order chi connectivity index (χ0) is 14.8. The Hall–Kier alpha value is -2.07. The summed E-state index contributed by atoms with van der Waals surface area (Å²) < 4.78 is 13.0. The smallest absolute Gasteiger partial charge is 0.225 e. The Morgan fingerprint density at radius 3 is 2.95 bits per heavy atom. The van der Waals surface area contributed by atoms with Gasteiger partial charge in [0.2, 0.25) is 5.91 Å². The van der Waals surface area contributed by atoms with E-state index in [0.717, 1.165) is 17.8 Å². The summed E-state index contributed by atoms with van der Waals surface area (Å²) in [6, 6.07) is 11.9. The molecule has 0 spiro atoms. The first-order chi connectivity index (χ1) is 10.1. The Labute approximate surface area is 127 Å². The first-order valence-corrected chi connectivity index (χ1v) is 7.09. The minimum absolute atomic E-state index is 0.132. The highest BCUT2D eigenvalue weighted by atomic mass is 35.5. The van der Waals surface area contributed by atoms with Crippen LogP contribution in [0.2, 0.25) is 5.02 Å². The van der Waals surface area contributed by atoms with Gasteiger partial charge in [0.25, 0.3) is 0 Å². The number of para-hydroxylation sites is 1. The van der Waals surface area contributed by atoms with Crippen LogP contribution in [-0.4, -0.2) is 12.5 Å². The van der Waals surface area contributed by atoms with Crippen molar-refractivity contribution in [1.82, 2.24) is 0 Å². The predicted octanol–water partition coefficient (Wildman–Crippen LogP) is 4.02. The molecule has 0 fully saturated rings. The van der Waals surface area contributed by atoms with Crippen LogP contribution in [0.15, 0.2) is 42.5 Å². The van der Waals surface area contributed by atoms with Gasteiger partial charge in [-0.15, -0.1) is 0 Å². The summed E-state index contributed by atoms with van der Waals surface area (Å²) in [5.41, 5.74) is 2.66. The number of amides is 1. The lowest BCUT2D eigenvalue weighted by Gasteiger charge is -2.11. The van der Waals surface area contributed by atoms with E-state index in [2.05, 4.69) is 10.6 Å². The van der Waals surface area contributed by atoms with Crippen LogP contribution in [0.3, 0.4) is 0 Å². The van der Waals surface area contributed by atoms with E-state index in [1.54, 1.807) is 0 Å². The number of anilines is 2. The Morgan fingerprint density at radius 1 is 1.33 bits per heavy atom. The monoisotopic (exact) mass is 304 g/mol. The van der Waals surface area contributed by atoms with Crippen LogP contribution in [-0.2, 0) is 4.79 Å². The summed E-state index contributed by atoms with van der Waals surface area (Å²) in [6.07, 6.45) is 0.359. The number of hydrogen-bond acceptors (Lipinski definition) is 2. The van der Waals surface area contributed by atoms with Crippen molar-refractivity contribution in [1.29, 1.82) is 0 Å². The lowest BCUT2D eigenvalue weighted by Crippen LogP contribution is -2.17. The molecular formula is C16H14ClFN2O. The Morgan fingerprint density at radius 2 is 2.14 bits per heavy atom. The molecular weight excluding hydrogens is 291 g/mol. The van der Waals surface area contributed by atoms with Gasteiger partial charge in [0.05, 0.1) is 10.7 Å². The first kappa shape index (κ1) is 13.9. The third-order valence-corrected chi connectivity index (χ3v) is 3.89. The van der Waals surface area contributed by atoms with Gasteiger partial charge in [-0.2, -0.15) is 0 Å². The van der Waals surface area contributed by atoms with Crippen molar-refractivity contribution in [3.63, 3.8) is 0 Å². The van der Waals surface area contributed by atoms with Gasteiger partial charge in [0, 0.05) is 24.6 Å². The molecule has 5 heteroatoms. The van der Waals surface area contributed by atoms with Gasteiger partial charge in [-0.1, -0.05) is 29.8 Å². The zero-order valence-corrected chi connectivity index (χ0v) is 12.0. The van der Waals surface area contributed by atoms with Gasteiger partial charge in [-0.3, -0.25) is 4.79 Å². The lowest BCUT2D eigenvalue weighted by molar-refractivity contribution is -0.116. The predicted molar refractivity (Wildman–Crippen MR) is 82.3 cm³/mol. The number of halogens is 2. The molecule has 108 valence electrons. The van der Waals surface area contributed by atoms with E-state index in [-0.39, 0.29) is 16.8 Å². The molecule has 0 aliphatic carbocycles. The zero-order valence-electron chi connectivity index (χ0n) is 11.2. The molecule has 3 nitrogen and oxygen atoms in total. The van der Waals surface area contributed by atoms with Crippen LogP contribution < -0.4 is 10.6 Å². The maximum Gasteiger partial charge on any atom is 0.225 e. The van der Waals surface area contributed by atoms with Gasteiger partial charge >= 0.3 is 0 Å². The summed E-state index contributed by atoms with van der Waals surface area (Å²) in [4.78, 5) is 12.1. The van der Waals surface area contributed by atoms with Crippen LogP contribution in [0.4, 0.5) is 15.8 Å². The molecule has 1 unspecified atom stereocenters. The quantitative estimate of drug-likeness (QED) is 0.899. The molecule has 3 rings (SSSR count). The van der Waals surface area contributed by atoms with Crippen molar-refractivity contribution < 1.29 is 9.18 Å². The molecule has 21 heavy (non-hydrogen) atoms. The number of nitrogens with one attached hydrogen (secondary N) is 2. The summed E-state index contributed by atoms with van der Waals surface area (Å²) in [7, 11) is 0. The van der Waals surface area contributed by atoms with E-state index in [9.17, 15) is 9.18 Å². The van der Waals surface area contributed by atoms with Crippen LogP contribution in [0, 0.1) is 5.82 Å². The van der Waals surface area contributed by atoms with Crippen LogP contribution in [0.1, 0.15) is 17.9 Å². The normalized spacial score (nSPS) is 16.2. The second-order valence-electron chi connectivity index (χ2n) is 5.04. The Kier molecular flexibility index (Phi) is 3.80. The number of benzene rings is 2. The summed E-state index contributed by atoms with van der Waals surface area (Å²) in [5.74, 6) is -0.417. The molecule has 0 bridgehead atoms. The van der Waals surface area contributed by atoms with Crippen molar-refractivity contribution in [2.45, 2.75) is 12.3 Å². The van der Waals surface area contributed by atoms with E-state index < -0.39 is 5.82 Å². The largest absolute Gasteiger partial charge is 0.384 e. The fraction of sp³-hybridized carbons (Fsp3) is 0.188. The van der Waals surface area contributed by atoms with Crippen molar-refractivity contribution in [3.05, 3.63) is 58.9 Å². The number of carbonyl (C=O) groups excluding carboxylic acids is 1. The number of hydrogen-bond donors (Lipinski definition) is 2. The molecule has 0 saturated carbocycles. The molecule has 1 atom stereocenters. The standard InChI is InChI=1S/C16H14ClFN2O/c17-13-8-11(18)5-6-15(13)20-16(21)7-10-9-19-14-4-2-1-3-12(10)14/h1-6,8,10,19H,7,9H2,(H,20,21). The molecule has 0 radical (unpaired) electrons. The highest BCUT2D eigenvalue weighted by molar-refractivity contribution is 6.33. The second kappa shape index (κ2) is 5.74. The topological polar surface area (TPSA) is 41.1 Å². The molecule has 0 saturated heterocycles. The fourth-order valence-corrected chi connectivity index (χ4v) is 2.77. The second-order valence-corrected chi connectivity index (χ2v) is 5.45. The van der Waals surface area contributed by atoms with Crippen molar-refractivity contribution >= 4 is 28.9 Å². The van der Waals surface area contributed by atoms with Crippen LogP contribution in [0.25, 0.3) is 0 Å². The summed E-state index contributed by atoms with van der Waals surface area (Å²) >= 11 is 5.90. The molecule has 1 heterocycles. The highest BCUT2D eigenvalue weighted by Gasteiger charge is 2.24. The SMILES string of the molecule is O=C(CC1CNc2ccccc21)Nc1ccc(F)cc1Cl. The van der Waals surface area contributed by atoms with Crippen LogP contribution >= 0.6 is 11.6 Å². The van der Waals surface area contributed by atoms with Crippen molar-refractivity contribution in [3.8, 4) is 0 Å². The minimum atomic E-state index is -0.424. The average molecular weight is 305 g/mol. The highest BCUT2D eigenvalue weighted by Crippen LogP contribution is 2.33. The summed E-state index contributed by atoms with van der Waals surface area (Å²) in [5, 5.41) is 6.21. The molecule has 2 N–H and O–H groups in total. The maximum absolute atomic E-state index is 13.0. The first-order valence-electron chi connectivity index (χ1n) is 6.71. The molecule has 2 aromatic rings. The molecule has 2 aromatic carbocycles. The van der Waals surface area contributed by atoms with E-state index >= 15 is 0 Å². The third kappa shape index (κ3) is 3.00. The Balaban J connectivity index is 1.68. The number of carbonyl (C=O) groups is 1. The molecule has 1 aliphatic rings. The van der Waals surface area contributed by atoms with Crippen molar-refractivity contribution in [2.75, 3.05) is 17.2 Å². The maximum atomic E-state index is 13.0. The van der Waals surface area contributed by atoms with Gasteiger partial charge in [0.15, 0.2) is 0 Å².